The van der Waals surface area contributed by atoms with Crippen molar-refractivity contribution in [2.24, 2.45) is 0 Å². The van der Waals surface area contributed by atoms with Gasteiger partial charge in [0.1, 0.15) is 0 Å². The Kier molecular flexibility index (Phi) is 22.9. The molecule has 0 aromatic heterocycles. The second-order valence-electron chi connectivity index (χ2n) is 10.2. The topological polar surface area (TPSA) is 18.5 Å². The molecule has 0 aromatic rings. The van der Waals surface area contributed by atoms with Crippen LogP contribution in [0.1, 0.15) is 143 Å². The third-order valence-electron chi connectivity index (χ3n) is 5.55. The average Bonchev–Trinajstić information content (AvgIpc) is 2.67. The Morgan fingerprint density at radius 1 is 0.483 bits per heavy atom. The van der Waals surface area contributed by atoms with Gasteiger partial charge >= 0.3 is 0 Å². The van der Waals surface area contributed by atoms with Crippen LogP contribution in [0.5, 0.6) is 0 Å². The molecule has 0 unspecified atom stereocenters. The molecule has 0 aliphatic carbocycles. The highest BCUT2D eigenvalue weighted by atomic mass is 28.2. The number of unbranched alkanes of at least 4 members (excludes halogenated alkanes) is 17. The molecule has 0 bridgehead atoms. The van der Waals surface area contributed by atoms with Crippen LogP contribution in [0.3, 0.4) is 0 Å². The van der Waals surface area contributed by atoms with Crippen LogP contribution in [-0.2, 0) is 9.16 Å². The molecule has 0 rings (SSSR count). The second kappa shape index (κ2) is 22.8. The lowest BCUT2D eigenvalue weighted by atomic mass is 10.0. The van der Waals surface area contributed by atoms with Gasteiger partial charge in [0.15, 0.2) is 9.76 Å². The van der Waals surface area contributed by atoms with Crippen molar-refractivity contribution in [1.29, 1.82) is 0 Å². The monoisotopic (exact) mass is 428 g/mol. The molecule has 3 heteroatoms. The first-order chi connectivity index (χ1) is 14.1. The highest BCUT2D eigenvalue weighted by Gasteiger charge is 2.10. The van der Waals surface area contributed by atoms with Gasteiger partial charge in [-0.2, -0.15) is 0 Å². The van der Waals surface area contributed by atoms with Gasteiger partial charge in [-0.3, -0.25) is 0 Å². The molecule has 0 radical (unpaired) electrons. The Morgan fingerprint density at radius 2 is 0.862 bits per heavy atom. The summed E-state index contributed by atoms with van der Waals surface area (Å²) in [6.45, 7) is 11.6. The maximum atomic E-state index is 5.75. The predicted molar refractivity (Wildman–Crippen MR) is 134 cm³/mol. The van der Waals surface area contributed by atoms with E-state index in [1.54, 1.807) is 0 Å². The molecule has 0 saturated carbocycles. The Labute approximate surface area is 187 Å². The molecule has 0 fully saturated rings. The van der Waals surface area contributed by atoms with E-state index in [2.05, 4.69) is 27.7 Å². The van der Waals surface area contributed by atoms with Gasteiger partial charge in [0.05, 0.1) is 13.2 Å². The van der Waals surface area contributed by atoms with Crippen LogP contribution in [0.4, 0.5) is 0 Å². The van der Waals surface area contributed by atoms with E-state index in [0.29, 0.717) is 5.04 Å². The summed E-state index contributed by atoms with van der Waals surface area (Å²) in [5.74, 6) is 0. The largest absolute Gasteiger partial charge is 0.421 e. The molecule has 2 nitrogen and oxygen atoms in total. The van der Waals surface area contributed by atoms with Gasteiger partial charge in [-0.05, 0) is 11.5 Å². The summed E-state index contributed by atoms with van der Waals surface area (Å²) in [6, 6.07) is 0. The minimum absolute atomic E-state index is 0.396. The predicted octanol–water partition coefficient (Wildman–Crippen LogP) is 8.36. The Balaban J connectivity index is 3.02. The highest BCUT2D eigenvalue weighted by molar-refractivity contribution is 6.31. The van der Waals surface area contributed by atoms with Gasteiger partial charge in [-0.1, -0.05) is 137 Å². The van der Waals surface area contributed by atoms with Crippen molar-refractivity contribution in [1.82, 2.24) is 0 Å². The Hall–Kier alpha value is 0.137. The van der Waals surface area contributed by atoms with Gasteiger partial charge in [0.25, 0.3) is 0 Å². The molecule has 29 heavy (non-hydrogen) atoms. The quantitative estimate of drug-likeness (QED) is 0.120. The summed E-state index contributed by atoms with van der Waals surface area (Å²) in [7, 11) is -0.401. The van der Waals surface area contributed by atoms with Crippen LogP contribution in [0.2, 0.25) is 5.04 Å². The minimum Gasteiger partial charge on any atom is -0.421 e. The van der Waals surface area contributed by atoms with E-state index in [1.165, 1.54) is 116 Å². The van der Waals surface area contributed by atoms with E-state index in [0.717, 1.165) is 19.8 Å². The van der Waals surface area contributed by atoms with Crippen molar-refractivity contribution >= 4 is 9.76 Å². The zero-order chi connectivity index (χ0) is 21.5. The molecular formula is C26H56O2Si. The van der Waals surface area contributed by atoms with Crippen LogP contribution >= 0.6 is 0 Å². The average molecular weight is 429 g/mol. The third-order valence-corrected chi connectivity index (χ3v) is 6.91. The number of rotatable bonds is 23. The summed E-state index contributed by atoms with van der Waals surface area (Å²) in [6.07, 6.45) is 25.7. The van der Waals surface area contributed by atoms with E-state index in [4.69, 9.17) is 9.16 Å². The van der Waals surface area contributed by atoms with Crippen molar-refractivity contribution in [3.05, 3.63) is 0 Å². The maximum Gasteiger partial charge on any atom is 0.166 e. The molecular weight excluding hydrogens is 372 g/mol. The minimum atomic E-state index is -0.401. The SMILES string of the molecule is CCCCCCCCCCCCCCCCCCCCOCCO[SiH2]C(C)(C)C. The van der Waals surface area contributed by atoms with Crippen molar-refractivity contribution < 1.29 is 9.16 Å². The first-order valence-electron chi connectivity index (χ1n) is 13.2. The molecule has 176 valence electrons. The molecule has 0 aromatic carbocycles. The molecule has 0 spiro atoms. The third kappa shape index (κ3) is 28.1. The van der Waals surface area contributed by atoms with Crippen molar-refractivity contribution in [2.75, 3.05) is 19.8 Å². The van der Waals surface area contributed by atoms with Gasteiger partial charge in [-0.15, -0.1) is 0 Å². The summed E-state index contributed by atoms with van der Waals surface area (Å²) in [4.78, 5) is 0. The smallest absolute Gasteiger partial charge is 0.166 e. The highest BCUT2D eigenvalue weighted by Crippen LogP contribution is 2.19. The van der Waals surface area contributed by atoms with E-state index >= 15 is 0 Å². The van der Waals surface area contributed by atoms with Crippen molar-refractivity contribution in [2.45, 2.75) is 148 Å². The summed E-state index contributed by atoms with van der Waals surface area (Å²) >= 11 is 0. The van der Waals surface area contributed by atoms with Crippen LogP contribution in [-0.4, -0.2) is 29.6 Å². The normalized spacial score (nSPS) is 12.4. The molecule has 0 amide bonds. The zero-order valence-electron chi connectivity index (χ0n) is 20.9. The van der Waals surface area contributed by atoms with E-state index < -0.39 is 9.76 Å². The van der Waals surface area contributed by atoms with Crippen LogP contribution < -0.4 is 0 Å². The summed E-state index contributed by atoms with van der Waals surface area (Å²) in [5.41, 5.74) is 0. The first-order valence-corrected chi connectivity index (χ1v) is 14.5. The molecule has 0 heterocycles. The summed E-state index contributed by atoms with van der Waals surface area (Å²) in [5, 5.41) is 0.396. The van der Waals surface area contributed by atoms with Crippen LogP contribution in [0, 0.1) is 0 Å². The van der Waals surface area contributed by atoms with Crippen LogP contribution in [0.15, 0.2) is 0 Å². The first kappa shape index (κ1) is 29.1. The lowest BCUT2D eigenvalue weighted by Crippen LogP contribution is -2.15. The number of ether oxygens (including phenoxy) is 1. The van der Waals surface area contributed by atoms with Crippen molar-refractivity contribution in [3.8, 4) is 0 Å². The molecule has 0 atom stereocenters. The van der Waals surface area contributed by atoms with Gasteiger partial charge in [0, 0.05) is 6.61 Å². The van der Waals surface area contributed by atoms with Gasteiger partial charge in [-0.25, -0.2) is 0 Å². The second-order valence-corrected chi connectivity index (χ2v) is 13.1. The zero-order valence-corrected chi connectivity index (χ0v) is 22.3. The Morgan fingerprint density at radius 3 is 1.24 bits per heavy atom. The fourth-order valence-corrected chi connectivity index (χ4v) is 4.58. The lowest BCUT2D eigenvalue weighted by Gasteiger charge is -2.16. The molecule has 0 aliphatic heterocycles. The number of hydrogen-bond acceptors (Lipinski definition) is 2. The molecule has 0 saturated heterocycles. The fourth-order valence-electron chi connectivity index (χ4n) is 3.70. The Bertz CT molecular complexity index is 302. The summed E-state index contributed by atoms with van der Waals surface area (Å²) < 4.78 is 11.4. The molecule has 0 N–H and O–H groups in total. The van der Waals surface area contributed by atoms with Gasteiger partial charge in [0.2, 0.25) is 0 Å². The maximum absolute atomic E-state index is 5.75. The van der Waals surface area contributed by atoms with Gasteiger partial charge < -0.3 is 9.16 Å². The molecule has 0 aliphatic rings. The van der Waals surface area contributed by atoms with E-state index in [-0.39, 0.29) is 0 Å². The number of hydrogen-bond donors (Lipinski definition) is 0. The lowest BCUT2D eigenvalue weighted by molar-refractivity contribution is 0.0972. The van der Waals surface area contributed by atoms with E-state index in [9.17, 15) is 0 Å². The van der Waals surface area contributed by atoms with E-state index in [1.807, 2.05) is 0 Å². The van der Waals surface area contributed by atoms with Crippen LogP contribution in [0.25, 0.3) is 0 Å². The standard InChI is InChI=1S/C26H56O2Si/c1-5-6-7-8-9-10-11-12-13-14-15-16-17-18-19-20-21-22-23-27-24-25-28-29-26(2,3)4/h5-25,29H2,1-4H3. The van der Waals surface area contributed by atoms with Crippen molar-refractivity contribution in [3.63, 3.8) is 0 Å². The fraction of sp³-hybridized carbons (Fsp3) is 1.00.